The molecule has 3 aliphatic rings. The van der Waals surface area contributed by atoms with Crippen LogP contribution < -0.4 is 4.90 Å². The van der Waals surface area contributed by atoms with Gasteiger partial charge in [0.2, 0.25) is 0 Å². The van der Waals surface area contributed by atoms with E-state index in [1.54, 1.807) is 0 Å². The number of anilines is 1. The van der Waals surface area contributed by atoms with Crippen LogP contribution in [0.3, 0.4) is 0 Å². The zero-order valence-electron chi connectivity index (χ0n) is 17.1. The molecule has 1 aliphatic carbocycles. The smallest absolute Gasteiger partial charge is 0.253 e. The molecule has 0 bridgehead atoms. The van der Waals surface area contributed by atoms with Crippen molar-refractivity contribution in [1.29, 1.82) is 0 Å². The SMILES string of the molecule is O=C(c1ccc(-c2ccc(N3CCN(C4CC4)CC3)nc2)cc1)N1CCCCC1. The Balaban J connectivity index is 1.22. The van der Waals surface area contributed by atoms with Crippen molar-refractivity contribution in [2.75, 3.05) is 44.2 Å². The van der Waals surface area contributed by atoms with E-state index < -0.39 is 0 Å². The summed E-state index contributed by atoms with van der Waals surface area (Å²) in [6, 6.07) is 13.1. The molecule has 5 rings (SSSR count). The van der Waals surface area contributed by atoms with Crippen LogP contribution in [-0.2, 0) is 0 Å². The van der Waals surface area contributed by atoms with E-state index in [4.69, 9.17) is 4.98 Å². The highest BCUT2D eigenvalue weighted by Crippen LogP contribution is 2.28. The van der Waals surface area contributed by atoms with E-state index in [-0.39, 0.29) is 5.91 Å². The van der Waals surface area contributed by atoms with Crippen LogP contribution in [0.15, 0.2) is 42.6 Å². The van der Waals surface area contributed by atoms with Crippen LogP contribution in [0.1, 0.15) is 42.5 Å². The van der Waals surface area contributed by atoms with Crippen LogP contribution in [0.4, 0.5) is 5.82 Å². The van der Waals surface area contributed by atoms with Gasteiger partial charge in [0, 0.05) is 62.6 Å². The van der Waals surface area contributed by atoms with E-state index in [1.165, 1.54) is 19.3 Å². The Kier molecular flexibility index (Phi) is 5.23. The highest BCUT2D eigenvalue weighted by molar-refractivity contribution is 5.94. The molecule has 0 radical (unpaired) electrons. The fourth-order valence-corrected chi connectivity index (χ4v) is 4.58. The van der Waals surface area contributed by atoms with Crippen molar-refractivity contribution in [2.24, 2.45) is 0 Å². The monoisotopic (exact) mass is 390 g/mol. The molecule has 1 aromatic heterocycles. The highest BCUT2D eigenvalue weighted by atomic mass is 16.2. The third-order valence-electron chi connectivity index (χ3n) is 6.56. The summed E-state index contributed by atoms with van der Waals surface area (Å²) in [5.41, 5.74) is 2.99. The van der Waals surface area contributed by atoms with Gasteiger partial charge in [0.1, 0.15) is 5.82 Å². The molecule has 3 heterocycles. The maximum absolute atomic E-state index is 12.6. The molecule has 29 heavy (non-hydrogen) atoms. The quantitative estimate of drug-likeness (QED) is 0.799. The van der Waals surface area contributed by atoms with Crippen LogP contribution in [0.25, 0.3) is 11.1 Å². The van der Waals surface area contributed by atoms with E-state index >= 15 is 0 Å². The van der Waals surface area contributed by atoms with Gasteiger partial charge in [-0.15, -0.1) is 0 Å². The van der Waals surface area contributed by atoms with Crippen molar-refractivity contribution in [2.45, 2.75) is 38.1 Å². The van der Waals surface area contributed by atoms with Crippen LogP contribution >= 0.6 is 0 Å². The number of carbonyl (C=O) groups is 1. The van der Waals surface area contributed by atoms with Gasteiger partial charge in [-0.2, -0.15) is 0 Å². The molecule has 0 N–H and O–H groups in total. The minimum absolute atomic E-state index is 0.162. The number of likely N-dealkylation sites (tertiary alicyclic amines) is 1. The zero-order chi connectivity index (χ0) is 19.6. The first-order valence-corrected chi connectivity index (χ1v) is 11.1. The van der Waals surface area contributed by atoms with E-state index in [9.17, 15) is 4.79 Å². The van der Waals surface area contributed by atoms with Gasteiger partial charge in [-0.05, 0) is 61.9 Å². The Morgan fingerprint density at radius 1 is 0.793 bits per heavy atom. The molecule has 1 amide bonds. The van der Waals surface area contributed by atoms with Gasteiger partial charge < -0.3 is 9.80 Å². The molecule has 152 valence electrons. The molecular formula is C24H30N4O. The lowest BCUT2D eigenvalue weighted by atomic mass is 10.0. The number of benzene rings is 1. The number of piperidine rings is 1. The lowest BCUT2D eigenvalue weighted by molar-refractivity contribution is 0.0724. The summed E-state index contributed by atoms with van der Waals surface area (Å²) in [5, 5.41) is 0. The molecule has 5 heteroatoms. The van der Waals surface area contributed by atoms with Crippen molar-refractivity contribution in [3.05, 3.63) is 48.2 Å². The second-order valence-corrected chi connectivity index (χ2v) is 8.59. The Bertz CT molecular complexity index is 830. The molecule has 1 aromatic carbocycles. The summed E-state index contributed by atoms with van der Waals surface area (Å²) >= 11 is 0. The molecule has 0 unspecified atom stereocenters. The Morgan fingerprint density at radius 3 is 2.10 bits per heavy atom. The van der Waals surface area contributed by atoms with E-state index in [2.05, 4.69) is 21.9 Å². The van der Waals surface area contributed by atoms with Crippen LogP contribution in [0.2, 0.25) is 0 Å². The largest absolute Gasteiger partial charge is 0.354 e. The summed E-state index contributed by atoms with van der Waals surface area (Å²) in [6.45, 7) is 6.22. The second-order valence-electron chi connectivity index (χ2n) is 8.59. The van der Waals surface area contributed by atoms with Crippen molar-refractivity contribution < 1.29 is 4.79 Å². The van der Waals surface area contributed by atoms with Crippen LogP contribution in [0.5, 0.6) is 0 Å². The van der Waals surface area contributed by atoms with Gasteiger partial charge in [0.25, 0.3) is 5.91 Å². The molecule has 3 fully saturated rings. The fraction of sp³-hybridized carbons (Fsp3) is 0.500. The molecule has 2 saturated heterocycles. The van der Waals surface area contributed by atoms with Crippen molar-refractivity contribution >= 4 is 11.7 Å². The van der Waals surface area contributed by atoms with E-state index in [0.717, 1.165) is 80.7 Å². The molecule has 2 aromatic rings. The summed E-state index contributed by atoms with van der Waals surface area (Å²) in [4.78, 5) is 24.4. The number of aromatic nitrogens is 1. The normalized spacial score (nSPS) is 20.7. The first-order chi connectivity index (χ1) is 14.3. The van der Waals surface area contributed by atoms with Crippen molar-refractivity contribution in [3.8, 4) is 11.1 Å². The molecule has 0 atom stereocenters. The van der Waals surface area contributed by atoms with Gasteiger partial charge >= 0.3 is 0 Å². The molecule has 0 spiro atoms. The lowest BCUT2D eigenvalue weighted by Gasteiger charge is -2.35. The van der Waals surface area contributed by atoms with Crippen LogP contribution in [-0.4, -0.2) is 66.0 Å². The first-order valence-electron chi connectivity index (χ1n) is 11.1. The maximum Gasteiger partial charge on any atom is 0.253 e. The minimum atomic E-state index is 0.162. The average Bonchev–Trinajstić information content (AvgIpc) is 3.65. The predicted octanol–water partition coefficient (Wildman–Crippen LogP) is 3.66. The van der Waals surface area contributed by atoms with Gasteiger partial charge in [-0.25, -0.2) is 4.98 Å². The van der Waals surface area contributed by atoms with Gasteiger partial charge in [0.05, 0.1) is 0 Å². The molecule has 1 saturated carbocycles. The number of hydrogen-bond acceptors (Lipinski definition) is 4. The van der Waals surface area contributed by atoms with Crippen LogP contribution in [0, 0.1) is 0 Å². The maximum atomic E-state index is 12.6. The third-order valence-corrected chi connectivity index (χ3v) is 6.56. The summed E-state index contributed by atoms with van der Waals surface area (Å²) < 4.78 is 0. The topological polar surface area (TPSA) is 39.7 Å². The van der Waals surface area contributed by atoms with E-state index in [0.29, 0.717) is 0 Å². The summed E-state index contributed by atoms with van der Waals surface area (Å²) in [5.74, 6) is 1.23. The number of hydrogen-bond donors (Lipinski definition) is 0. The fourth-order valence-electron chi connectivity index (χ4n) is 4.58. The zero-order valence-corrected chi connectivity index (χ0v) is 17.1. The number of amides is 1. The van der Waals surface area contributed by atoms with Gasteiger partial charge in [0.15, 0.2) is 0 Å². The molecule has 5 nitrogen and oxygen atoms in total. The Labute approximate surface area is 173 Å². The van der Waals surface area contributed by atoms with Gasteiger partial charge in [-0.1, -0.05) is 12.1 Å². The lowest BCUT2D eigenvalue weighted by Crippen LogP contribution is -2.47. The summed E-state index contributed by atoms with van der Waals surface area (Å²) in [7, 11) is 0. The van der Waals surface area contributed by atoms with Crippen molar-refractivity contribution in [3.63, 3.8) is 0 Å². The minimum Gasteiger partial charge on any atom is -0.354 e. The standard InChI is InChI=1S/C24H30N4O/c29-24(28-12-2-1-3-13-28)20-6-4-19(5-7-20)21-8-11-23(25-18-21)27-16-14-26(15-17-27)22-9-10-22/h4-8,11,18,22H,1-3,9-10,12-17H2. The molecular weight excluding hydrogens is 360 g/mol. The Hall–Kier alpha value is -2.40. The first kappa shape index (κ1) is 18.6. The average molecular weight is 391 g/mol. The number of nitrogens with zero attached hydrogens (tertiary/aromatic N) is 4. The summed E-state index contributed by atoms with van der Waals surface area (Å²) in [6.07, 6.45) is 8.21. The highest BCUT2D eigenvalue weighted by Gasteiger charge is 2.31. The number of piperazine rings is 1. The Morgan fingerprint density at radius 2 is 1.48 bits per heavy atom. The second kappa shape index (κ2) is 8.15. The van der Waals surface area contributed by atoms with Gasteiger partial charge in [-0.3, -0.25) is 9.69 Å². The predicted molar refractivity (Wildman–Crippen MR) is 116 cm³/mol. The van der Waals surface area contributed by atoms with E-state index in [1.807, 2.05) is 35.4 Å². The molecule has 2 aliphatic heterocycles. The number of pyridine rings is 1. The number of rotatable bonds is 4. The van der Waals surface area contributed by atoms with Crippen molar-refractivity contribution in [1.82, 2.24) is 14.8 Å². The third kappa shape index (κ3) is 4.15. The number of carbonyl (C=O) groups excluding carboxylic acids is 1.